The first-order valence-electron chi connectivity index (χ1n) is 6.95. The zero-order valence-electron chi connectivity index (χ0n) is 12.4. The number of amides is 1. The molecule has 0 heterocycles. The van der Waals surface area contributed by atoms with Gasteiger partial charge in [0.25, 0.3) is 0 Å². The third-order valence-corrected chi connectivity index (χ3v) is 4.08. The smallest absolute Gasteiger partial charge is 0.232 e. The summed E-state index contributed by atoms with van der Waals surface area (Å²) in [5.74, 6) is 0.155. The Balaban J connectivity index is 2.20. The Hall–Kier alpha value is -0.910. The lowest BCUT2D eigenvalue weighted by atomic mass is 10.2. The van der Waals surface area contributed by atoms with Crippen molar-refractivity contribution in [1.29, 1.82) is 0 Å². The Morgan fingerprint density at radius 2 is 2.19 bits per heavy atom. The van der Waals surface area contributed by atoms with Gasteiger partial charge in [-0.25, -0.2) is 0 Å². The van der Waals surface area contributed by atoms with Crippen LogP contribution < -0.4 is 5.32 Å². The van der Waals surface area contributed by atoms with Crippen molar-refractivity contribution in [3.8, 4) is 0 Å². The molecule has 0 spiro atoms. The van der Waals surface area contributed by atoms with Gasteiger partial charge in [0.05, 0.1) is 6.10 Å². The second-order valence-electron chi connectivity index (χ2n) is 4.98. The van der Waals surface area contributed by atoms with Gasteiger partial charge in [-0.1, -0.05) is 23.7 Å². The molecule has 118 valence electrons. The number of halogens is 1. The fraction of sp³-hybridized carbons (Fsp3) is 0.533. The molecule has 1 aromatic carbocycles. The van der Waals surface area contributed by atoms with Gasteiger partial charge in [-0.3, -0.25) is 9.00 Å². The molecule has 21 heavy (non-hydrogen) atoms. The van der Waals surface area contributed by atoms with Gasteiger partial charge >= 0.3 is 0 Å². The first kappa shape index (κ1) is 18.1. The number of nitrogens with one attached hydrogen (secondary N) is 1. The lowest BCUT2D eigenvalue weighted by molar-refractivity contribution is -0.118. The summed E-state index contributed by atoms with van der Waals surface area (Å²) in [4.78, 5) is 11.6. The Morgan fingerprint density at radius 3 is 2.86 bits per heavy atom. The first-order valence-corrected chi connectivity index (χ1v) is 8.81. The number of hydrogen-bond donors (Lipinski definition) is 1. The van der Waals surface area contributed by atoms with Gasteiger partial charge in [-0.2, -0.15) is 0 Å². The first-order chi connectivity index (χ1) is 9.97. The molecule has 1 unspecified atom stereocenters. The molecule has 0 aliphatic heterocycles. The zero-order chi connectivity index (χ0) is 15.7. The molecule has 0 aliphatic rings. The van der Waals surface area contributed by atoms with E-state index in [2.05, 4.69) is 5.32 Å². The summed E-state index contributed by atoms with van der Waals surface area (Å²) in [5.41, 5.74) is 0.874. The second kappa shape index (κ2) is 9.92. The predicted molar refractivity (Wildman–Crippen MR) is 86.9 cm³/mol. The van der Waals surface area contributed by atoms with Gasteiger partial charge in [-0.15, -0.1) is 0 Å². The average molecular weight is 332 g/mol. The van der Waals surface area contributed by atoms with Gasteiger partial charge in [0.1, 0.15) is 5.75 Å². The van der Waals surface area contributed by atoms with E-state index in [0.29, 0.717) is 23.9 Å². The van der Waals surface area contributed by atoms with E-state index in [0.717, 1.165) is 12.0 Å². The Bertz CT molecular complexity index is 480. The Morgan fingerprint density at radius 1 is 1.43 bits per heavy atom. The molecule has 1 aromatic rings. The van der Waals surface area contributed by atoms with E-state index in [1.165, 1.54) is 0 Å². The third-order valence-electron chi connectivity index (χ3n) is 2.60. The molecule has 1 rings (SSSR count). The third kappa shape index (κ3) is 8.86. The highest BCUT2D eigenvalue weighted by atomic mass is 35.5. The van der Waals surface area contributed by atoms with Crippen LogP contribution in [0.15, 0.2) is 24.3 Å². The molecule has 0 fully saturated rings. The van der Waals surface area contributed by atoms with E-state index in [1.54, 1.807) is 12.1 Å². The van der Waals surface area contributed by atoms with Crippen LogP contribution in [-0.2, 0) is 26.1 Å². The maximum Gasteiger partial charge on any atom is 0.232 e. The zero-order valence-corrected chi connectivity index (χ0v) is 14.0. The number of rotatable bonds is 9. The van der Waals surface area contributed by atoms with Gasteiger partial charge in [-0.05, 0) is 38.0 Å². The van der Waals surface area contributed by atoms with E-state index >= 15 is 0 Å². The lowest BCUT2D eigenvalue weighted by Crippen LogP contribution is -2.30. The number of carbonyl (C=O) groups is 1. The van der Waals surface area contributed by atoms with E-state index in [1.807, 2.05) is 26.0 Å². The van der Waals surface area contributed by atoms with E-state index in [9.17, 15) is 9.00 Å². The van der Waals surface area contributed by atoms with Crippen LogP contribution in [0.25, 0.3) is 0 Å². The molecule has 0 bridgehead atoms. The van der Waals surface area contributed by atoms with Crippen molar-refractivity contribution in [2.45, 2.75) is 32.1 Å². The molecule has 6 heteroatoms. The fourth-order valence-corrected chi connectivity index (χ4v) is 2.94. The molecule has 1 N–H and O–H groups in total. The minimum Gasteiger partial charge on any atom is -0.379 e. The van der Waals surface area contributed by atoms with Crippen molar-refractivity contribution < 1.29 is 13.7 Å². The molecular weight excluding hydrogens is 310 g/mol. The molecule has 0 saturated heterocycles. The van der Waals surface area contributed by atoms with Crippen LogP contribution in [-0.4, -0.2) is 35.1 Å². The van der Waals surface area contributed by atoms with Crippen LogP contribution in [0.1, 0.15) is 25.8 Å². The number of benzene rings is 1. The highest BCUT2D eigenvalue weighted by Crippen LogP contribution is 2.12. The molecule has 0 aromatic heterocycles. The molecular formula is C15H22ClNO3S. The van der Waals surface area contributed by atoms with Gasteiger partial charge in [0, 0.05) is 34.7 Å². The molecule has 0 radical (unpaired) electrons. The minimum absolute atomic E-state index is 0.0115. The van der Waals surface area contributed by atoms with Gasteiger partial charge < -0.3 is 10.1 Å². The molecule has 4 nitrogen and oxygen atoms in total. The van der Waals surface area contributed by atoms with Gasteiger partial charge in [0.15, 0.2) is 0 Å². The van der Waals surface area contributed by atoms with Crippen LogP contribution in [0.4, 0.5) is 0 Å². The summed E-state index contributed by atoms with van der Waals surface area (Å²) in [6, 6.07) is 7.19. The summed E-state index contributed by atoms with van der Waals surface area (Å²) in [6.45, 7) is 5.10. The van der Waals surface area contributed by atoms with Crippen molar-refractivity contribution in [3.05, 3.63) is 34.9 Å². The predicted octanol–water partition coefficient (Wildman–Crippen LogP) is 2.52. The van der Waals surface area contributed by atoms with Crippen molar-refractivity contribution in [3.63, 3.8) is 0 Å². The van der Waals surface area contributed by atoms with Crippen LogP contribution >= 0.6 is 11.6 Å². The second-order valence-corrected chi connectivity index (χ2v) is 6.87. The molecule has 1 atom stereocenters. The van der Waals surface area contributed by atoms with Crippen LogP contribution in [0.2, 0.25) is 5.02 Å². The standard InChI is InChI=1S/C15H22ClNO3S/c1-12(2)20-8-4-7-17-15(18)11-21(19)10-13-5-3-6-14(16)9-13/h3,5-6,9,12H,4,7-8,10-11H2,1-2H3,(H,17,18). The summed E-state index contributed by atoms with van der Waals surface area (Å²) in [7, 11) is -1.23. The fourth-order valence-electron chi connectivity index (χ4n) is 1.68. The summed E-state index contributed by atoms with van der Waals surface area (Å²) in [6.07, 6.45) is 0.955. The maximum absolute atomic E-state index is 11.9. The summed E-state index contributed by atoms with van der Waals surface area (Å²) >= 11 is 5.86. The largest absolute Gasteiger partial charge is 0.379 e. The SMILES string of the molecule is CC(C)OCCCNC(=O)CS(=O)Cc1cccc(Cl)c1. The van der Waals surface area contributed by atoms with E-state index in [4.69, 9.17) is 16.3 Å². The monoisotopic (exact) mass is 331 g/mol. The Kier molecular flexibility index (Phi) is 8.57. The molecule has 0 aliphatic carbocycles. The Labute approximate surface area is 133 Å². The van der Waals surface area contributed by atoms with Crippen molar-refractivity contribution >= 4 is 28.3 Å². The van der Waals surface area contributed by atoms with Crippen molar-refractivity contribution in [2.24, 2.45) is 0 Å². The van der Waals surface area contributed by atoms with Crippen LogP contribution in [0.5, 0.6) is 0 Å². The average Bonchev–Trinajstić information content (AvgIpc) is 2.37. The summed E-state index contributed by atoms with van der Waals surface area (Å²) < 4.78 is 17.3. The highest BCUT2D eigenvalue weighted by Gasteiger charge is 2.08. The minimum atomic E-state index is -1.23. The van der Waals surface area contributed by atoms with Gasteiger partial charge in [0.2, 0.25) is 5.91 Å². The molecule has 0 saturated carbocycles. The number of hydrogen-bond acceptors (Lipinski definition) is 3. The summed E-state index contributed by atoms with van der Waals surface area (Å²) in [5, 5.41) is 3.36. The maximum atomic E-state index is 11.9. The van der Waals surface area contributed by atoms with E-state index in [-0.39, 0.29) is 17.8 Å². The number of carbonyl (C=O) groups excluding carboxylic acids is 1. The van der Waals surface area contributed by atoms with Crippen LogP contribution in [0.3, 0.4) is 0 Å². The number of ether oxygens (including phenoxy) is 1. The quantitative estimate of drug-likeness (QED) is 0.707. The highest BCUT2D eigenvalue weighted by molar-refractivity contribution is 7.84. The van der Waals surface area contributed by atoms with Crippen molar-refractivity contribution in [1.82, 2.24) is 5.32 Å². The van der Waals surface area contributed by atoms with Crippen LogP contribution in [0, 0.1) is 0 Å². The van der Waals surface area contributed by atoms with E-state index < -0.39 is 10.8 Å². The topological polar surface area (TPSA) is 55.4 Å². The lowest BCUT2D eigenvalue weighted by Gasteiger charge is -2.08. The normalized spacial score (nSPS) is 12.4. The molecule has 1 amide bonds. The van der Waals surface area contributed by atoms with Crippen molar-refractivity contribution in [2.75, 3.05) is 18.9 Å².